The van der Waals surface area contributed by atoms with E-state index in [0.717, 1.165) is 43.7 Å². The number of fused-ring (bicyclic) bond motifs is 3. The summed E-state index contributed by atoms with van der Waals surface area (Å²) in [6.07, 6.45) is 5.63. The molecule has 0 aliphatic carbocycles. The molecule has 7 nitrogen and oxygen atoms in total. The third-order valence-corrected chi connectivity index (χ3v) is 7.68. The highest BCUT2D eigenvalue weighted by molar-refractivity contribution is 5.95. The Labute approximate surface area is 213 Å². The van der Waals surface area contributed by atoms with Gasteiger partial charge in [0.1, 0.15) is 6.61 Å². The molecule has 3 heterocycles. The van der Waals surface area contributed by atoms with Crippen molar-refractivity contribution in [3.8, 4) is 0 Å². The molecule has 2 amide bonds. The van der Waals surface area contributed by atoms with Crippen LogP contribution in [0.4, 0.5) is 10.5 Å². The minimum atomic E-state index is -0.329. The SMILES string of the molecule is C=CCOC(=O)N1CCC[C@H]2C(c3ccccc3)Nc3ccc(C(=O)NCCN4CCCC4)cc3[C@H]21. The van der Waals surface area contributed by atoms with Crippen molar-refractivity contribution in [3.63, 3.8) is 0 Å². The lowest BCUT2D eigenvalue weighted by Gasteiger charge is -2.48. The number of nitrogens with zero attached hydrogens (tertiary/aromatic N) is 2. The first-order valence-electron chi connectivity index (χ1n) is 13.2. The van der Waals surface area contributed by atoms with E-state index in [4.69, 9.17) is 4.74 Å². The third kappa shape index (κ3) is 5.12. The quantitative estimate of drug-likeness (QED) is 0.550. The summed E-state index contributed by atoms with van der Waals surface area (Å²) in [6.45, 7) is 8.23. The van der Waals surface area contributed by atoms with Crippen molar-refractivity contribution in [2.24, 2.45) is 5.92 Å². The second-order valence-electron chi connectivity index (χ2n) is 9.95. The van der Waals surface area contributed by atoms with Gasteiger partial charge in [0.25, 0.3) is 5.91 Å². The first kappa shape index (κ1) is 24.4. The van der Waals surface area contributed by atoms with Crippen molar-refractivity contribution in [2.45, 2.75) is 37.8 Å². The van der Waals surface area contributed by atoms with Crippen LogP contribution < -0.4 is 10.6 Å². The second-order valence-corrected chi connectivity index (χ2v) is 9.95. The smallest absolute Gasteiger partial charge is 0.410 e. The van der Waals surface area contributed by atoms with Crippen molar-refractivity contribution < 1.29 is 14.3 Å². The Kier molecular flexibility index (Phi) is 7.56. The van der Waals surface area contributed by atoms with E-state index in [2.05, 4.69) is 46.4 Å². The molecule has 5 rings (SSSR count). The highest BCUT2D eigenvalue weighted by atomic mass is 16.6. The molecule has 3 aliphatic rings. The molecule has 2 aromatic rings. The van der Waals surface area contributed by atoms with Crippen LogP contribution in [0.1, 0.15) is 59.3 Å². The van der Waals surface area contributed by atoms with E-state index < -0.39 is 0 Å². The fourth-order valence-corrected chi connectivity index (χ4v) is 5.97. The molecule has 3 aliphatic heterocycles. The predicted molar refractivity (Wildman–Crippen MR) is 141 cm³/mol. The Morgan fingerprint density at radius 2 is 1.89 bits per heavy atom. The van der Waals surface area contributed by atoms with Crippen LogP contribution in [0.25, 0.3) is 0 Å². The molecule has 190 valence electrons. The van der Waals surface area contributed by atoms with E-state index in [9.17, 15) is 9.59 Å². The first-order valence-corrected chi connectivity index (χ1v) is 13.2. The average Bonchev–Trinajstić information content (AvgIpc) is 3.44. The van der Waals surface area contributed by atoms with Crippen LogP contribution in [0.15, 0.2) is 61.2 Å². The zero-order valence-corrected chi connectivity index (χ0v) is 20.8. The van der Waals surface area contributed by atoms with E-state index in [1.165, 1.54) is 18.4 Å². The number of amides is 2. The van der Waals surface area contributed by atoms with E-state index in [1.807, 2.05) is 29.2 Å². The van der Waals surface area contributed by atoms with Crippen molar-refractivity contribution in [2.75, 3.05) is 44.6 Å². The molecule has 3 atom stereocenters. The Morgan fingerprint density at radius 3 is 2.67 bits per heavy atom. The van der Waals surface area contributed by atoms with Crippen LogP contribution >= 0.6 is 0 Å². The first-order chi connectivity index (χ1) is 17.7. The van der Waals surface area contributed by atoms with E-state index in [1.54, 1.807) is 6.08 Å². The number of carbonyl (C=O) groups is 2. The molecule has 0 radical (unpaired) electrons. The molecule has 1 unspecified atom stereocenters. The van der Waals surface area contributed by atoms with Crippen molar-refractivity contribution in [3.05, 3.63) is 77.9 Å². The maximum atomic E-state index is 13.1. The van der Waals surface area contributed by atoms with Gasteiger partial charge in [0.05, 0.1) is 12.1 Å². The summed E-state index contributed by atoms with van der Waals surface area (Å²) >= 11 is 0. The molecule has 0 aromatic heterocycles. The number of carbonyl (C=O) groups excluding carboxylic acids is 2. The molecule has 2 aromatic carbocycles. The lowest BCUT2D eigenvalue weighted by molar-refractivity contribution is 0.0505. The largest absolute Gasteiger partial charge is 0.445 e. The Balaban J connectivity index is 1.42. The Bertz CT molecular complexity index is 1080. The fraction of sp³-hybridized carbons (Fsp3) is 0.448. The average molecular weight is 489 g/mol. The fourth-order valence-electron chi connectivity index (χ4n) is 5.97. The minimum Gasteiger partial charge on any atom is -0.445 e. The topological polar surface area (TPSA) is 73.9 Å². The highest BCUT2D eigenvalue weighted by Gasteiger charge is 2.44. The summed E-state index contributed by atoms with van der Waals surface area (Å²) in [7, 11) is 0. The molecule has 0 spiro atoms. The second kappa shape index (κ2) is 11.2. The summed E-state index contributed by atoms with van der Waals surface area (Å²) in [5.41, 5.74) is 3.76. The standard InChI is InChI=1S/C29H36N4O3/c1-2-19-36-29(35)33-17-8-11-23-26(21-9-4-3-5-10-21)31-25-13-12-22(20-24(25)27(23)33)28(34)30-14-18-32-15-6-7-16-32/h2-5,9-10,12-13,20,23,26-27,31H,1,6-8,11,14-19H2,(H,30,34)/t23-,26?,27-/m0/s1. The molecule has 36 heavy (non-hydrogen) atoms. The van der Waals surface area contributed by atoms with Crippen LogP contribution in [-0.4, -0.2) is 61.1 Å². The zero-order valence-electron chi connectivity index (χ0n) is 20.8. The summed E-state index contributed by atoms with van der Waals surface area (Å²) in [5.74, 6) is 0.0914. The molecule has 0 saturated carbocycles. The van der Waals surface area contributed by atoms with Gasteiger partial charge >= 0.3 is 6.09 Å². The van der Waals surface area contributed by atoms with Gasteiger partial charge in [-0.05, 0) is 68.1 Å². The van der Waals surface area contributed by atoms with Crippen molar-refractivity contribution >= 4 is 17.7 Å². The maximum Gasteiger partial charge on any atom is 0.410 e. The number of anilines is 1. The van der Waals surface area contributed by atoms with Gasteiger partial charge in [0.2, 0.25) is 0 Å². The molecule has 2 fully saturated rings. The number of likely N-dealkylation sites (tertiary alicyclic amines) is 2. The van der Waals surface area contributed by atoms with E-state index in [0.29, 0.717) is 18.7 Å². The van der Waals surface area contributed by atoms with E-state index in [-0.39, 0.29) is 36.6 Å². The summed E-state index contributed by atoms with van der Waals surface area (Å²) in [6, 6.07) is 16.1. The summed E-state index contributed by atoms with van der Waals surface area (Å²) in [5, 5.41) is 6.81. The number of benzene rings is 2. The van der Waals surface area contributed by atoms with Crippen molar-refractivity contribution in [1.29, 1.82) is 0 Å². The molecule has 0 bridgehead atoms. The Hall–Kier alpha value is -3.32. The van der Waals surface area contributed by atoms with Gasteiger partial charge in [-0.15, -0.1) is 0 Å². The van der Waals surface area contributed by atoms with Gasteiger partial charge in [-0.25, -0.2) is 4.79 Å². The zero-order chi connectivity index (χ0) is 24.9. The molecular formula is C29H36N4O3. The third-order valence-electron chi connectivity index (χ3n) is 7.68. The predicted octanol–water partition coefficient (Wildman–Crippen LogP) is 4.75. The van der Waals surface area contributed by atoms with Crippen molar-refractivity contribution in [1.82, 2.24) is 15.1 Å². The van der Waals surface area contributed by atoms with Gasteiger partial charge in [-0.1, -0.05) is 43.0 Å². The van der Waals surface area contributed by atoms with Gasteiger partial charge in [0, 0.05) is 36.8 Å². The van der Waals surface area contributed by atoms with E-state index >= 15 is 0 Å². The number of rotatable bonds is 7. The summed E-state index contributed by atoms with van der Waals surface area (Å²) in [4.78, 5) is 30.4. The summed E-state index contributed by atoms with van der Waals surface area (Å²) < 4.78 is 5.48. The van der Waals surface area contributed by atoms with Crippen LogP contribution in [0.2, 0.25) is 0 Å². The van der Waals surface area contributed by atoms with Gasteiger partial charge in [-0.2, -0.15) is 0 Å². The van der Waals surface area contributed by atoms with Gasteiger partial charge in [0.15, 0.2) is 0 Å². The van der Waals surface area contributed by atoms with Crippen LogP contribution in [0.5, 0.6) is 0 Å². The molecular weight excluding hydrogens is 452 g/mol. The number of nitrogens with one attached hydrogen (secondary N) is 2. The number of ether oxygens (including phenoxy) is 1. The number of hydrogen-bond acceptors (Lipinski definition) is 5. The van der Waals surface area contributed by atoms with Gasteiger partial charge in [-0.3, -0.25) is 4.79 Å². The minimum absolute atomic E-state index is 0.0684. The number of hydrogen-bond donors (Lipinski definition) is 2. The number of piperidine rings is 1. The van der Waals surface area contributed by atoms with Gasteiger partial charge < -0.3 is 25.2 Å². The Morgan fingerprint density at radius 1 is 1.08 bits per heavy atom. The lowest BCUT2D eigenvalue weighted by atomic mass is 9.74. The highest BCUT2D eigenvalue weighted by Crippen LogP contribution is 2.50. The normalized spacial score (nSPS) is 23.2. The van der Waals surface area contributed by atoms with Crippen LogP contribution in [-0.2, 0) is 4.74 Å². The molecule has 2 N–H and O–H groups in total. The van der Waals surface area contributed by atoms with Crippen LogP contribution in [0.3, 0.4) is 0 Å². The monoisotopic (exact) mass is 488 g/mol. The lowest BCUT2D eigenvalue weighted by Crippen LogP contribution is -2.48. The maximum absolute atomic E-state index is 13.1. The van der Waals surface area contributed by atoms with Crippen LogP contribution in [0, 0.1) is 5.92 Å². The molecule has 2 saturated heterocycles. The molecule has 7 heteroatoms.